The van der Waals surface area contributed by atoms with Gasteiger partial charge in [-0.3, -0.25) is 9.52 Å². The maximum Gasteiger partial charge on any atom is 0.253 e. The summed E-state index contributed by atoms with van der Waals surface area (Å²) in [5, 5.41) is -0.509. The Balaban J connectivity index is 2.86. The van der Waals surface area contributed by atoms with E-state index in [0.717, 1.165) is 0 Å². The van der Waals surface area contributed by atoms with Crippen LogP contribution >= 0.6 is 11.6 Å². The molecule has 0 saturated carbocycles. The molecule has 0 fully saturated rings. The van der Waals surface area contributed by atoms with Crippen molar-refractivity contribution in [2.24, 2.45) is 0 Å². The molecule has 1 aromatic carbocycles. The molecule has 17 heavy (non-hydrogen) atoms. The number of hydrogen-bond acceptors (Lipinski definition) is 3. The van der Waals surface area contributed by atoms with Gasteiger partial charge >= 0.3 is 0 Å². The van der Waals surface area contributed by atoms with Gasteiger partial charge in [-0.2, -0.15) is 0 Å². The lowest BCUT2D eigenvalue weighted by molar-refractivity contribution is 0.0827. The van der Waals surface area contributed by atoms with Crippen LogP contribution in [0.15, 0.2) is 24.3 Å². The van der Waals surface area contributed by atoms with E-state index in [0.29, 0.717) is 11.3 Å². The van der Waals surface area contributed by atoms with Crippen LogP contribution in [0.25, 0.3) is 0 Å². The van der Waals surface area contributed by atoms with Crippen molar-refractivity contribution >= 4 is 33.2 Å². The Bertz CT molecular complexity index is 497. The fraction of sp³-hybridized carbons (Fsp3) is 0.300. The van der Waals surface area contributed by atoms with Crippen LogP contribution in [-0.2, 0) is 10.0 Å². The van der Waals surface area contributed by atoms with Gasteiger partial charge in [-0.15, -0.1) is 11.6 Å². The van der Waals surface area contributed by atoms with E-state index in [1.165, 1.54) is 17.0 Å². The van der Waals surface area contributed by atoms with Crippen LogP contribution < -0.4 is 4.72 Å². The maximum atomic E-state index is 11.6. The van der Waals surface area contributed by atoms with Gasteiger partial charge < -0.3 is 4.90 Å². The van der Waals surface area contributed by atoms with Crippen molar-refractivity contribution in [3.05, 3.63) is 29.8 Å². The van der Waals surface area contributed by atoms with Crippen LogP contribution in [0.5, 0.6) is 0 Å². The minimum Gasteiger partial charge on any atom is -0.345 e. The molecular formula is C10H13ClN2O3S. The van der Waals surface area contributed by atoms with Gasteiger partial charge in [-0.25, -0.2) is 8.42 Å². The van der Waals surface area contributed by atoms with E-state index in [9.17, 15) is 13.2 Å². The zero-order valence-corrected chi connectivity index (χ0v) is 11.0. The lowest BCUT2D eigenvalue weighted by Gasteiger charge is -2.11. The minimum absolute atomic E-state index is 0.142. The van der Waals surface area contributed by atoms with E-state index < -0.39 is 15.2 Å². The average Bonchev–Trinajstić information content (AvgIpc) is 2.28. The van der Waals surface area contributed by atoms with Crippen LogP contribution in [0.3, 0.4) is 0 Å². The highest BCUT2D eigenvalue weighted by molar-refractivity contribution is 7.93. The zero-order chi connectivity index (χ0) is 13.1. The summed E-state index contributed by atoms with van der Waals surface area (Å²) >= 11 is 5.26. The largest absolute Gasteiger partial charge is 0.345 e. The van der Waals surface area contributed by atoms with E-state index in [-0.39, 0.29) is 5.91 Å². The summed E-state index contributed by atoms with van der Waals surface area (Å²) in [4.78, 5) is 13.0. The maximum absolute atomic E-state index is 11.6. The highest BCUT2D eigenvalue weighted by Crippen LogP contribution is 2.12. The zero-order valence-electron chi connectivity index (χ0n) is 9.47. The lowest BCUT2D eigenvalue weighted by atomic mass is 10.2. The molecule has 0 saturated heterocycles. The van der Waals surface area contributed by atoms with E-state index in [4.69, 9.17) is 11.6 Å². The Morgan fingerprint density at radius 1 is 1.29 bits per heavy atom. The number of nitrogens with one attached hydrogen (secondary N) is 1. The molecule has 0 heterocycles. The van der Waals surface area contributed by atoms with Crippen molar-refractivity contribution in [1.29, 1.82) is 0 Å². The molecule has 0 aromatic heterocycles. The van der Waals surface area contributed by atoms with E-state index in [2.05, 4.69) is 4.72 Å². The summed E-state index contributed by atoms with van der Waals surface area (Å²) in [6.07, 6.45) is 0. The summed E-state index contributed by atoms with van der Waals surface area (Å²) in [7, 11) is -0.211. The number of anilines is 1. The number of sulfonamides is 1. The van der Waals surface area contributed by atoms with Gasteiger partial charge in [-0.1, -0.05) is 0 Å². The second kappa shape index (κ2) is 5.37. The first kappa shape index (κ1) is 13.8. The summed E-state index contributed by atoms with van der Waals surface area (Å²) in [6.45, 7) is 0. The number of benzene rings is 1. The van der Waals surface area contributed by atoms with Crippen molar-refractivity contribution in [1.82, 2.24) is 4.90 Å². The Hall–Kier alpha value is -1.27. The third kappa shape index (κ3) is 3.90. The highest BCUT2D eigenvalue weighted by Gasteiger charge is 2.10. The molecule has 7 heteroatoms. The van der Waals surface area contributed by atoms with Crippen molar-refractivity contribution in [2.45, 2.75) is 0 Å². The standard InChI is InChI=1S/C10H13ClN2O3S/c1-13(2)10(14)8-3-5-9(6-4-8)12-17(15,16)7-11/h3-6,12H,7H2,1-2H3. The van der Waals surface area contributed by atoms with Crippen molar-refractivity contribution in [3.8, 4) is 0 Å². The number of carbonyl (C=O) groups is 1. The third-order valence-electron chi connectivity index (χ3n) is 1.96. The monoisotopic (exact) mass is 276 g/mol. The van der Waals surface area contributed by atoms with Gasteiger partial charge in [0, 0.05) is 25.3 Å². The molecule has 94 valence electrons. The Morgan fingerprint density at radius 2 is 1.82 bits per heavy atom. The number of hydrogen-bond donors (Lipinski definition) is 1. The van der Waals surface area contributed by atoms with E-state index in [1.807, 2.05) is 0 Å². The molecule has 0 atom stereocenters. The van der Waals surface area contributed by atoms with Crippen LogP contribution in [0, 0.1) is 0 Å². The van der Waals surface area contributed by atoms with Crippen molar-refractivity contribution in [3.63, 3.8) is 0 Å². The van der Waals surface area contributed by atoms with E-state index in [1.54, 1.807) is 26.2 Å². The van der Waals surface area contributed by atoms with Gasteiger partial charge in [0.1, 0.15) is 5.21 Å². The first-order valence-electron chi connectivity index (χ1n) is 4.74. The smallest absolute Gasteiger partial charge is 0.253 e. The van der Waals surface area contributed by atoms with Gasteiger partial charge in [0.15, 0.2) is 0 Å². The summed E-state index contributed by atoms with van der Waals surface area (Å²) in [6, 6.07) is 6.13. The molecule has 0 unspecified atom stereocenters. The minimum atomic E-state index is -3.50. The molecule has 1 N–H and O–H groups in total. The first-order chi connectivity index (χ1) is 7.85. The summed E-state index contributed by atoms with van der Waals surface area (Å²) in [5.41, 5.74) is 0.866. The third-order valence-corrected chi connectivity index (χ3v) is 3.65. The van der Waals surface area contributed by atoms with Crippen molar-refractivity contribution < 1.29 is 13.2 Å². The van der Waals surface area contributed by atoms with Crippen LogP contribution in [0.4, 0.5) is 5.69 Å². The predicted octanol–water partition coefficient (Wildman–Crippen LogP) is 1.33. The fourth-order valence-electron chi connectivity index (χ4n) is 1.15. The number of nitrogens with zero attached hydrogens (tertiary/aromatic N) is 1. The second-order valence-electron chi connectivity index (χ2n) is 3.60. The fourth-order valence-corrected chi connectivity index (χ4v) is 1.86. The Morgan fingerprint density at radius 3 is 2.24 bits per heavy atom. The number of halogens is 1. The molecule has 1 aromatic rings. The van der Waals surface area contributed by atoms with Gasteiger partial charge in [0.25, 0.3) is 5.91 Å². The van der Waals surface area contributed by atoms with Crippen LogP contribution in [0.2, 0.25) is 0 Å². The molecule has 0 aliphatic carbocycles. The van der Waals surface area contributed by atoms with Gasteiger partial charge in [0.2, 0.25) is 10.0 Å². The van der Waals surface area contributed by atoms with Crippen LogP contribution in [-0.4, -0.2) is 38.5 Å². The van der Waals surface area contributed by atoms with Crippen molar-refractivity contribution in [2.75, 3.05) is 24.0 Å². The Kier molecular flexibility index (Phi) is 4.36. The summed E-state index contributed by atoms with van der Waals surface area (Å²) < 4.78 is 24.6. The molecule has 0 aliphatic rings. The first-order valence-corrected chi connectivity index (χ1v) is 6.92. The molecular weight excluding hydrogens is 264 g/mol. The molecule has 0 aliphatic heterocycles. The average molecular weight is 277 g/mol. The Labute approximate surface area is 105 Å². The molecule has 1 amide bonds. The van der Waals surface area contributed by atoms with Gasteiger partial charge in [0.05, 0.1) is 0 Å². The second-order valence-corrected chi connectivity index (χ2v) is 5.91. The van der Waals surface area contributed by atoms with Crippen LogP contribution in [0.1, 0.15) is 10.4 Å². The topological polar surface area (TPSA) is 66.5 Å². The van der Waals surface area contributed by atoms with E-state index >= 15 is 0 Å². The normalized spacial score (nSPS) is 11.0. The molecule has 0 radical (unpaired) electrons. The summed E-state index contributed by atoms with van der Waals surface area (Å²) in [5.74, 6) is -0.142. The number of carbonyl (C=O) groups excluding carboxylic acids is 1. The quantitative estimate of drug-likeness (QED) is 0.844. The lowest BCUT2D eigenvalue weighted by Crippen LogP contribution is -2.21. The number of alkyl halides is 1. The molecule has 0 bridgehead atoms. The predicted molar refractivity (Wildman–Crippen MR) is 67.7 cm³/mol. The molecule has 5 nitrogen and oxygen atoms in total. The van der Waals surface area contributed by atoms with Gasteiger partial charge in [-0.05, 0) is 24.3 Å². The molecule has 1 rings (SSSR count). The molecule has 0 spiro atoms. The SMILES string of the molecule is CN(C)C(=O)c1ccc(NS(=O)(=O)CCl)cc1. The number of rotatable bonds is 4. The highest BCUT2D eigenvalue weighted by atomic mass is 35.5. The number of amides is 1.